The highest BCUT2D eigenvalue weighted by Crippen LogP contribution is 2.13. The average molecular weight is 230 g/mol. The third-order valence-corrected chi connectivity index (χ3v) is 2.93. The van der Waals surface area contributed by atoms with Gasteiger partial charge >= 0.3 is 0 Å². The Morgan fingerprint density at radius 1 is 1.29 bits per heavy atom. The maximum absolute atomic E-state index is 3.90. The number of benzene rings is 1. The van der Waals surface area contributed by atoms with Crippen LogP contribution >= 0.6 is 0 Å². The fraction of sp³-hybridized carbons (Fsp3) is 0.385. The number of rotatable bonds is 5. The van der Waals surface area contributed by atoms with Crippen molar-refractivity contribution in [2.24, 2.45) is 7.05 Å². The predicted molar refractivity (Wildman–Crippen MR) is 67.6 cm³/mol. The Hall–Kier alpha value is -1.68. The minimum Gasteiger partial charge on any atom is -0.311 e. The molecular weight excluding hydrogens is 212 g/mol. The number of hydrogen-bond acceptors (Lipinski definition) is 3. The van der Waals surface area contributed by atoms with Gasteiger partial charge in [-0.2, -0.15) is 0 Å². The summed E-state index contributed by atoms with van der Waals surface area (Å²) in [6.45, 7) is 3.99. The van der Waals surface area contributed by atoms with Crippen molar-refractivity contribution in [2.75, 3.05) is 6.54 Å². The highest BCUT2D eigenvalue weighted by Gasteiger charge is 2.05. The van der Waals surface area contributed by atoms with E-state index in [2.05, 4.69) is 46.8 Å². The van der Waals surface area contributed by atoms with E-state index in [1.807, 2.05) is 13.1 Å². The summed E-state index contributed by atoms with van der Waals surface area (Å²) in [6, 6.07) is 10.5. The second-order valence-electron chi connectivity index (χ2n) is 4.29. The van der Waals surface area contributed by atoms with Gasteiger partial charge in [-0.15, -0.1) is 5.10 Å². The Morgan fingerprint density at radius 2 is 2.06 bits per heavy atom. The van der Waals surface area contributed by atoms with Crippen LogP contribution in [0.2, 0.25) is 0 Å². The van der Waals surface area contributed by atoms with Gasteiger partial charge in [-0.05, 0) is 11.5 Å². The molecule has 1 heterocycles. The molecule has 1 atom stereocenters. The summed E-state index contributed by atoms with van der Waals surface area (Å²) >= 11 is 0. The van der Waals surface area contributed by atoms with Crippen LogP contribution in [-0.4, -0.2) is 21.5 Å². The molecular formula is C13H18N4. The van der Waals surface area contributed by atoms with Crippen molar-refractivity contribution >= 4 is 0 Å². The van der Waals surface area contributed by atoms with Crippen LogP contribution in [0.25, 0.3) is 0 Å². The minimum absolute atomic E-state index is 0.511. The van der Waals surface area contributed by atoms with Gasteiger partial charge in [-0.3, -0.25) is 4.68 Å². The van der Waals surface area contributed by atoms with Gasteiger partial charge in [0.25, 0.3) is 0 Å². The van der Waals surface area contributed by atoms with Gasteiger partial charge in [0, 0.05) is 20.1 Å². The molecule has 2 rings (SSSR count). The average Bonchev–Trinajstić information content (AvgIpc) is 2.76. The van der Waals surface area contributed by atoms with Gasteiger partial charge < -0.3 is 5.32 Å². The lowest BCUT2D eigenvalue weighted by atomic mass is 10.0. The molecule has 0 radical (unpaired) electrons. The summed E-state index contributed by atoms with van der Waals surface area (Å²) in [6.07, 6.45) is 1.79. The van der Waals surface area contributed by atoms with E-state index < -0.39 is 0 Å². The topological polar surface area (TPSA) is 42.7 Å². The Kier molecular flexibility index (Phi) is 3.88. The molecule has 1 aromatic heterocycles. The zero-order valence-electron chi connectivity index (χ0n) is 10.3. The van der Waals surface area contributed by atoms with Crippen molar-refractivity contribution in [1.29, 1.82) is 0 Å². The molecule has 0 spiro atoms. The Labute approximate surface area is 102 Å². The molecule has 0 aliphatic carbocycles. The molecule has 0 saturated heterocycles. The largest absolute Gasteiger partial charge is 0.311 e. The summed E-state index contributed by atoms with van der Waals surface area (Å²) < 4.78 is 1.79. The lowest BCUT2D eigenvalue weighted by Gasteiger charge is -2.12. The van der Waals surface area contributed by atoms with Gasteiger partial charge in [0.05, 0.1) is 11.9 Å². The predicted octanol–water partition coefficient (Wildman–Crippen LogP) is 1.71. The number of nitrogens with one attached hydrogen (secondary N) is 1. The van der Waals surface area contributed by atoms with Crippen LogP contribution < -0.4 is 5.32 Å². The van der Waals surface area contributed by atoms with Gasteiger partial charge in [-0.25, -0.2) is 0 Å². The first kappa shape index (κ1) is 11.8. The molecule has 0 bridgehead atoms. The van der Waals surface area contributed by atoms with Crippen molar-refractivity contribution < 1.29 is 0 Å². The van der Waals surface area contributed by atoms with E-state index in [9.17, 15) is 0 Å². The maximum Gasteiger partial charge on any atom is 0.0738 e. The highest BCUT2D eigenvalue weighted by atomic mass is 15.4. The van der Waals surface area contributed by atoms with Crippen LogP contribution in [0.5, 0.6) is 0 Å². The Balaban J connectivity index is 1.81. The number of nitrogens with zero attached hydrogens (tertiary/aromatic N) is 3. The lowest BCUT2D eigenvalue weighted by molar-refractivity contribution is 0.581. The first-order chi connectivity index (χ1) is 8.27. The zero-order chi connectivity index (χ0) is 12.1. The van der Waals surface area contributed by atoms with E-state index in [0.29, 0.717) is 5.92 Å². The summed E-state index contributed by atoms with van der Waals surface area (Å²) in [7, 11) is 1.91. The quantitative estimate of drug-likeness (QED) is 0.850. The molecule has 1 aromatic carbocycles. The van der Waals surface area contributed by atoms with Crippen molar-refractivity contribution in [3.8, 4) is 0 Å². The second-order valence-corrected chi connectivity index (χ2v) is 4.29. The summed E-state index contributed by atoms with van der Waals surface area (Å²) in [5, 5.41) is 11.2. The molecule has 0 saturated carbocycles. The summed E-state index contributed by atoms with van der Waals surface area (Å²) in [5.41, 5.74) is 2.47. The highest BCUT2D eigenvalue weighted by molar-refractivity contribution is 5.18. The van der Waals surface area contributed by atoms with Crippen LogP contribution in [0, 0.1) is 0 Å². The molecule has 1 unspecified atom stereocenters. The fourth-order valence-electron chi connectivity index (χ4n) is 1.79. The molecule has 0 aliphatic heterocycles. The smallest absolute Gasteiger partial charge is 0.0738 e. The van der Waals surface area contributed by atoms with Crippen LogP contribution in [0.1, 0.15) is 24.1 Å². The second kappa shape index (κ2) is 5.59. The van der Waals surface area contributed by atoms with Gasteiger partial charge in [-0.1, -0.05) is 42.5 Å². The normalized spacial score (nSPS) is 12.6. The first-order valence-electron chi connectivity index (χ1n) is 5.86. The first-order valence-corrected chi connectivity index (χ1v) is 5.86. The van der Waals surface area contributed by atoms with Crippen molar-refractivity contribution in [3.63, 3.8) is 0 Å². The molecule has 2 aromatic rings. The number of aromatic nitrogens is 3. The molecule has 90 valence electrons. The monoisotopic (exact) mass is 230 g/mol. The maximum atomic E-state index is 3.90. The van der Waals surface area contributed by atoms with E-state index >= 15 is 0 Å². The zero-order valence-corrected chi connectivity index (χ0v) is 10.3. The van der Waals surface area contributed by atoms with Crippen molar-refractivity contribution in [1.82, 2.24) is 20.3 Å². The molecule has 0 amide bonds. The molecule has 0 fully saturated rings. The molecule has 4 nitrogen and oxygen atoms in total. The van der Waals surface area contributed by atoms with E-state index in [1.54, 1.807) is 10.9 Å². The molecule has 17 heavy (non-hydrogen) atoms. The third kappa shape index (κ3) is 3.14. The van der Waals surface area contributed by atoms with Crippen molar-refractivity contribution in [2.45, 2.75) is 19.4 Å². The standard InChI is InChI=1S/C13H18N4/c1-11(12-6-4-3-5-7-12)8-14-9-13-10-15-16-17(13)2/h3-7,10-11,14H,8-9H2,1-2H3. The van der Waals surface area contributed by atoms with E-state index in [0.717, 1.165) is 18.8 Å². The Bertz CT molecular complexity index is 449. The van der Waals surface area contributed by atoms with Gasteiger partial charge in [0.2, 0.25) is 0 Å². The minimum atomic E-state index is 0.511. The number of hydrogen-bond donors (Lipinski definition) is 1. The lowest BCUT2D eigenvalue weighted by Crippen LogP contribution is -2.21. The molecule has 4 heteroatoms. The Morgan fingerprint density at radius 3 is 2.71 bits per heavy atom. The van der Waals surface area contributed by atoms with Gasteiger partial charge in [0.1, 0.15) is 0 Å². The molecule has 0 aliphatic rings. The van der Waals surface area contributed by atoms with Crippen LogP contribution in [0.15, 0.2) is 36.5 Å². The summed E-state index contributed by atoms with van der Waals surface area (Å²) in [4.78, 5) is 0. The number of aryl methyl sites for hydroxylation is 1. The third-order valence-electron chi connectivity index (χ3n) is 2.93. The van der Waals surface area contributed by atoms with Crippen LogP contribution in [0.4, 0.5) is 0 Å². The van der Waals surface area contributed by atoms with Crippen LogP contribution in [-0.2, 0) is 13.6 Å². The van der Waals surface area contributed by atoms with E-state index in [1.165, 1.54) is 5.56 Å². The molecule has 1 N–H and O–H groups in total. The van der Waals surface area contributed by atoms with E-state index in [-0.39, 0.29) is 0 Å². The van der Waals surface area contributed by atoms with Gasteiger partial charge in [0.15, 0.2) is 0 Å². The summed E-state index contributed by atoms with van der Waals surface area (Å²) in [5.74, 6) is 0.511. The fourth-order valence-corrected chi connectivity index (χ4v) is 1.79. The van der Waals surface area contributed by atoms with E-state index in [4.69, 9.17) is 0 Å². The SMILES string of the molecule is CC(CNCc1cnnn1C)c1ccccc1. The van der Waals surface area contributed by atoms with Crippen LogP contribution in [0.3, 0.4) is 0 Å². The van der Waals surface area contributed by atoms with Crippen molar-refractivity contribution in [3.05, 3.63) is 47.8 Å².